The predicted molar refractivity (Wildman–Crippen MR) is 87.1 cm³/mol. The number of anilines is 1. The van der Waals surface area contributed by atoms with Crippen LogP contribution in [-0.4, -0.2) is 25.1 Å². The number of ether oxygens (including phenoxy) is 1. The number of amides is 1. The highest BCUT2D eigenvalue weighted by molar-refractivity contribution is 6.33. The smallest absolute Gasteiger partial charge is 0.255 e. The van der Waals surface area contributed by atoms with Crippen molar-refractivity contribution in [3.8, 4) is 5.75 Å². The van der Waals surface area contributed by atoms with E-state index in [9.17, 15) is 4.79 Å². The van der Waals surface area contributed by atoms with E-state index in [1.165, 1.54) is 20.0 Å². The number of methoxy groups -OCH3 is 1. The van der Waals surface area contributed by atoms with Gasteiger partial charge < -0.3 is 21.5 Å². The number of rotatable bonds is 3. The molecule has 0 saturated heterocycles. The first-order valence-electron chi connectivity index (χ1n) is 7.70. The van der Waals surface area contributed by atoms with Gasteiger partial charge in [-0.2, -0.15) is 0 Å². The Kier molecular flexibility index (Phi) is 4.19. The molecule has 1 aromatic carbocycles. The molecule has 5 nitrogen and oxygen atoms in total. The van der Waals surface area contributed by atoms with Crippen molar-refractivity contribution >= 4 is 23.2 Å². The molecule has 2 atom stereocenters. The summed E-state index contributed by atoms with van der Waals surface area (Å²) in [4.78, 5) is 12.6. The van der Waals surface area contributed by atoms with Gasteiger partial charge >= 0.3 is 0 Å². The van der Waals surface area contributed by atoms with Crippen LogP contribution in [0, 0.1) is 11.8 Å². The van der Waals surface area contributed by atoms with Gasteiger partial charge in [-0.05, 0) is 43.6 Å². The molecule has 0 aromatic heterocycles. The Morgan fingerprint density at radius 1 is 1.27 bits per heavy atom. The Hall–Kier alpha value is -1.46. The average Bonchev–Trinajstić information content (AvgIpc) is 2.53. The normalized spacial score (nSPS) is 30.1. The van der Waals surface area contributed by atoms with Crippen molar-refractivity contribution in [1.82, 2.24) is 5.32 Å². The molecule has 4 rings (SSSR count). The van der Waals surface area contributed by atoms with Crippen LogP contribution in [0.4, 0.5) is 5.69 Å². The molecule has 22 heavy (non-hydrogen) atoms. The van der Waals surface area contributed by atoms with Gasteiger partial charge in [0.2, 0.25) is 0 Å². The number of hydrogen-bond donors (Lipinski definition) is 3. The molecule has 0 radical (unpaired) electrons. The van der Waals surface area contributed by atoms with Crippen molar-refractivity contribution in [2.75, 3.05) is 12.8 Å². The Balaban J connectivity index is 1.81. The lowest BCUT2D eigenvalue weighted by atomic mass is 9.65. The molecule has 3 saturated carbocycles. The highest BCUT2D eigenvalue weighted by atomic mass is 35.5. The minimum atomic E-state index is -0.202. The van der Waals surface area contributed by atoms with Crippen LogP contribution in [0.25, 0.3) is 0 Å². The van der Waals surface area contributed by atoms with Crippen LogP contribution in [0.2, 0.25) is 5.02 Å². The number of nitrogens with one attached hydrogen (secondary N) is 1. The summed E-state index contributed by atoms with van der Waals surface area (Å²) in [5.74, 6) is 1.21. The van der Waals surface area contributed by atoms with Crippen molar-refractivity contribution in [2.24, 2.45) is 17.6 Å². The largest absolute Gasteiger partial charge is 0.496 e. The molecule has 3 aliphatic rings. The van der Waals surface area contributed by atoms with Crippen LogP contribution < -0.4 is 21.5 Å². The predicted octanol–water partition coefficient (Wildman–Crippen LogP) is 2.18. The van der Waals surface area contributed by atoms with Crippen LogP contribution >= 0.6 is 11.6 Å². The zero-order valence-corrected chi connectivity index (χ0v) is 13.4. The van der Waals surface area contributed by atoms with Gasteiger partial charge in [0.1, 0.15) is 5.75 Å². The van der Waals surface area contributed by atoms with Crippen LogP contribution in [0.3, 0.4) is 0 Å². The molecular weight excluding hydrogens is 302 g/mol. The van der Waals surface area contributed by atoms with Crippen molar-refractivity contribution in [3.63, 3.8) is 0 Å². The standard InChI is InChI=1S/C16H22ClN3O2/c1-22-13-7-12(18)11(17)6-10(13)16(21)20-15-9-4-2-8(3-5-9)14(15)19/h6-9,14-15H,2-5,18-19H2,1H3,(H,20,21)/t8?,9?,14-,15?/m1/s1. The summed E-state index contributed by atoms with van der Waals surface area (Å²) in [7, 11) is 1.51. The molecule has 120 valence electrons. The number of nitrogens with two attached hydrogens (primary N) is 2. The molecule has 3 aliphatic carbocycles. The van der Waals surface area contributed by atoms with E-state index in [1.54, 1.807) is 12.1 Å². The van der Waals surface area contributed by atoms with Crippen LogP contribution in [0.5, 0.6) is 5.75 Å². The zero-order valence-electron chi connectivity index (χ0n) is 12.6. The SMILES string of the molecule is COc1cc(N)c(Cl)cc1C(=O)NC1C2CCC(CC2)[C@H]1N. The van der Waals surface area contributed by atoms with Crippen LogP contribution in [0.1, 0.15) is 36.0 Å². The Labute approximate surface area is 135 Å². The molecule has 0 heterocycles. The minimum Gasteiger partial charge on any atom is -0.496 e. The fourth-order valence-electron chi connectivity index (χ4n) is 3.86. The summed E-state index contributed by atoms with van der Waals surface area (Å²) >= 11 is 6.04. The lowest BCUT2D eigenvalue weighted by Gasteiger charge is -2.47. The van der Waals surface area contributed by atoms with Crippen LogP contribution in [-0.2, 0) is 0 Å². The lowest BCUT2D eigenvalue weighted by molar-refractivity contribution is 0.0726. The second kappa shape index (κ2) is 5.97. The molecular formula is C16H22ClN3O2. The number of nitrogen functional groups attached to an aromatic ring is 1. The third-order valence-corrected chi connectivity index (χ3v) is 5.47. The Morgan fingerprint density at radius 2 is 1.91 bits per heavy atom. The first-order valence-corrected chi connectivity index (χ1v) is 8.08. The van der Waals surface area contributed by atoms with E-state index in [-0.39, 0.29) is 18.0 Å². The molecule has 1 aromatic rings. The van der Waals surface area contributed by atoms with E-state index < -0.39 is 0 Å². The lowest BCUT2D eigenvalue weighted by Crippen LogP contribution is -2.60. The van der Waals surface area contributed by atoms with Crippen molar-refractivity contribution in [1.29, 1.82) is 0 Å². The van der Waals surface area contributed by atoms with Gasteiger partial charge in [-0.3, -0.25) is 4.79 Å². The highest BCUT2D eigenvalue weighted by Gasteiger charge is 2.42. The summed E-state index contributed by atoms with van der Waals surface area (Å²) < 4.78 is 5.25. The van der Waals surface area contributed by atoms with E-state index in [4.69, 9.17) is 27.8 Å². The molecule has 0 aliphatic heterocycles. The van der Waals surface area contributed by atoms with E-state index in [2.05, 4.69) is 5.32 Å². The van der Waals surface area contributed by atoms with Crippen molar-refractivity contribution < 1.29 is 9.53 Å². The van der Waals surface area contributed by atoms with Gasteiger partial charge in [0.05, 0.1) is 23.4 Å². The molecule has 5 N–H and O–H groups in total. The van der Waals surface area contributed by atoms with Gasteiger partial charge in [0.15, 0.2) is 0 Å². The molecule has 1 amide bonds. The Bertz CT molecular complexity index is 583. The van der Waals surface area contributed by atoms with Gasteiger partial charge in [0, 0.05) is 18.2 Å². The maximum Gasteiger partial charge on any atom is 0.255 e. The summed E-state index contributed by atoms with van der Waals surface area (Å²) in [6, 6.07) is 3.19. The van der Waals surface area contributed by atoms with Gasteiger partial charge in [-0.15, -0.1) is 0 Å². The van der Waals surface area contributed by atoms with Crippen molar-refractivity contribution in [3.05, 3.63) is 22.7 Å². The van der Waals surface area contributed by atoms with Crippen molar-refractivity contribution in [2.45, 2.75) is 37.8 Å². The van der Waals surface area contributed by atoms with Gasteiger partial charge in [0.25, 0.3) is 5.91 Å². The monoisotopic (exact) mass is 323 g/mol. The third kappa shape index (κ3) is 2.63. The Morgan fingerprint density at radius 3 is 2.50 bits per heavy atom. The van der Waals surface area contributed by atoms with E-state index in [0.29, 0.717) is 33.9 Å². The number of hydrogen-bond acceptors (Lipinski definition) is 4. The fraction of sp³-hybridized carbons (Fsp3) is 0.562. The van der Waals surface area contributed by atoms with Crippen LogP contribution in [0.15, 0.2) is 12.1 Å². The molecule has 6 heteroatoms. The first-order chi connectivity index (χ1) is 10.5. The first kappa shape index (κ1) is 15.4. The summed E-state index contributed by atoms with van der Waals surface area (Å²) in [5.41, 5.74) is 12.9. The highest BCUT2D eigenvalue weighted by Crippen LogP contribution is 2.41. The van der Waals surface area contributed by atoms with Gasteiger partial charge in [-0.25, -0.2) is 0 Å². The minimum absolute atomic E-state index is 0.0287. The van der Waals surface area contributed by atoms with Gasteiger partial charge in [-0.1, -0.05) is 11.6 Å². The second-order valence-electron chi connectivity index (χ2n) is 6.33. The number of fused-ring (bicyclic) bond motifs is 3. The topological polar surface area (TPSA) is 90.4 Å². The summed E-state index contributed by atoms with van der Waals surface area (Å²) in [6.07, 6.45) is 4.64. The third-order valence-electron chi connectivity index (χ3n) is 5.14. The maximum absolute atomic E-state index is 12.6. The number of carbonyl (C=O) groups excluding carboxylic acids is 1. The zero-order chi connectivity index (χ0) is 15.9. The molecule has 3 fully saturated rings. The molecule has 0 spiro atoms. The summed E-state index contributed by atoms with van der Waals surface area (Å²) in [5, 5.41) is 3.44. The average molecular weight is 324 g/mol. The number of carbonyl (C=O) groups is 1. The van der Waals surface area contributed by atoms with E-state index in [0.717, 1.165) is 12.8 Å². The fourth-order valence-corrected chi connectivity index (χ4v) is 4.02. The molecule has 2 bridgehead atoms. The summed E-state index contributed by atoms with van der Waals surface area (Å²) in [6.45, 7) is 0. The maximum atomic E-state index is 12.6. The molecule has 1 unspecified atom stereocenters. The number of halogens is 1. The number of benzene rings is 1. The quantitative estimate of drug-likeness (QED) is 0.744. The second-order valence-corrected chi connectivity index (χ2v) is 6.73. The van der Waals surface area contributed by atoms with E-state index in [1.807, 2.05) is 0 Å². The van der Waals surface area contributed by atoms with E-state index >= 15 is 0 Å².